The van der Waals surface area contributed by atoms with Crippen LogP contribution in [0.25, 0.3) is 0 Å². The van der Waals surface area contributed by atoms with Gasteiger partial charge in [0.25, 0.3) is 0 Å². The van der Waals surface area contributed by atoms with Crippen LogP contribution in [-0.2, 0) is 4.79 Å². The van der Waals surface area contributed by atoms with Gasteiger partial charge in [0.1, 0.15) is 0 Å². The number of unbranched alkanes of at least 4 members (excludes halogenated alkanes) is 5. The number of nitrogens with one attached hydrogen (secondary N) is 1. The Balaban J connectivity index is 3.96. The Morgan fingerprint density at radius 2 is 1.16 bits per heavy atom. The molecular weight excluding hydrogens is 470 g/mol. The second kappa shape index (κ2) is 29.1. The highest BCUT2D eigenvalue weighted by molar-refractivity contribution is 5.76. The minimum Gasteiger partial charge on any atom is -0.394 e. The quantitative estimate of drug-likeness (QED) is 0.0878. The van der Waals surface area contributed by atoms with Gasteiger partial charge in [-0.3, -0.25) is 4.79 Å². The fourth-order valence-corrected chi connectivity index (χ4v) is 3.57. The van der Waals surface area contributed by atoms with Crippen LogP contribution in [0.3, 0.4) is 0 Å². The van der Waals surface area contributed by atoms with Gasteiger partial charge < -0.3 is 15.5 Å². The summed E-state index contributed by atoms with van der Waals surface area (Å²) >= 11 is 0. The molecule has 0 bridgehead atoms. The predicted molar refractivity (Wildman–Crippen MR) is 165 cm³/mol. The Morgan fingerprint density at radius 3 is 1.71 bits per heavy atom. The van der Waals surface area contributed by atoms with E-state index in [2.05, 4.69) is 86.0 Å². The van der Waals surface area contributed by atoms with E-state index in [9.17, 15) is 15.0 Å². The summed E-state index contributed by atoms with van der Waals surface area (Å²) in [6.07, 6.45) is 42.3. The van der Waals surface area contributed by atoms with Gasteiger partial charge in [0.05, 0.1) is 18.8 Å². The van der Waals surface area contributed by atoms with Crippen molar-refractivity contribution in [2.24, 2.45) is 0 Å². The molecule has 0 fully saturated rings. The van der Waals surface area contributed by atoms with Crippen LogP contribution >= 0.6 is 0 Å². The third-order valence-corrected chi connectivity index (χ3v) is 5.85. The highest BCUT2D eigenvalue weighted by Gasteiger charge is 2.17. The Kier molecular flexibility index (Phi) is 27.3. The lowest BCUT2D eigenvalue weighted by Gasteiger charge is -2.19. The molecule has 0 aromatic rings. The van der Waals surface area contributed by atoms with Crippen molar-refractivity contribution in [3.8, 4) is 0 Å². The fraction of sp³-hybridized carbons (Fsp3) is 0.559. The van der Waals surface area contributed by atoms with Crippen molar-refractivity contribution >= 4 is 5.91 Å². The molecule has 4 nitrogen and oxygen atoms in total. The molecule has 38 heavy (non-hydrogen) atoms. The van der Waals surface area contributed by atoms with Crippen LogP contribution in [0.1, 0.15) is 104 Å². The average molecular weight is 526 g/mol. The lowest BCUT2D eigenvalue weighted by molar-refractivity contribution is -0.122. The van der Waals surface area contributed by atoms with Crippen LogP contribution < -0.4 is 5.32 Å². The Labute approximate surface area is 233 Å². The minimum atomic E-state index is -0.900. The van der Waals surface area contributed by atoms with Crippen molar-refractivity contribution in [3.05, 3.63) is 85.1 Å². The van der Waals surface area contributed by atoms with Crippen molar-refractivity contribution in [2.45, 2.75) is 116 Å². The van der Waals surface area contributed by atoms with E-state index in [1.165, 1.54) is 25.7 Å². The van der Waals surface area contributed by atoms with Gasteiger partial charge in [0.15, 0.2) is 0 Å². The highest BCUT2D eigenvalue weighted by Crippen LogP contribution is 2.04. The first-order chi connectivity index (χ1) is 18.7. The maximum Gasteiger partial charge on any atom is 0.220 e. The molecule has 0 heterocycles. The van der Waals surface area contributed by atoms with Crippen LogP contribution in [-0.4, -0.2) is 34.9 Å². The third-order valence-electron chi connectivity index (χ3n) is 5.85. The molecule has 0 aliphatic carbocycles. The standard InChI is InChI=1S/C34H55NO3/c1-3-5-7-9-11-13-15-17-19-21-23-25-27-29-33(37)32(31-36)35-34(38)30-28-26-24-22-20-18-16-14-12-10-8-6-4-2/h6,8,11-14,18-21,24,26-27,29,32-33,36-37H,3-5,7,9-10,15-17,22-23,25,28,30-31H2,1-2H3,(H,35,38)/b8-6-,13-11+,14-12-,20-18-,21-19+,26-24-,29-27+. The molecule has 0 radical (unpaired) electrons. The number of carbonyl (C=O) groups excluding carboxylic acids is 1. The van der Waals surface area contributed by atoms with Gasteiger partial charge in [-0.25, -0.2) is 0 Å². The molecule has 0 aliphatic heterocycles. The summed E-state index contributed by atoms with van der Waals surface area (Å²) < 4.78 is 0. The highest BCUT2D eigenvalue weighted by atomic mass is 16.3. The van der Waals surface area contributed by atoms with Crippen molar-refractivity contribution in [1.82, 2.24) is 5.32 Å². The zero-order chi connectivity index (χ0) is 27.9. The molecule has 3 N–H and O–H groups in total. The lowest BCUT2D eigenvalue weighted by Crippen LogP contribution is -2.45. The van der Waals surface area contributed by atoms with Gasteiger partial charge in [-0.2, -0.15) is 0 Å². The van der Waals surface area contributed by atoms with E-state index in [4.69, 9.17) is 0 Å². The molecular formula is C34H55NO3. The van der Waals surface area contributed by atoms with Crippen LogP contribution in [0, 0.1) is 0 Å². The van der Waals surface area contributed by atoms with Gasteiger partial charge in [0, 0.05) is 6.42 Å². The summed E-state index contributed by atoms with van der Waals surface area (Å²) in [6.45, 7) is 4.06. The first kappa shape index (κ1) is 35.6. The number of carbonyl (C=O) groups is 1. The molecule has 2 atom stereocenters. The maximum absolute atomic E-state index is 12.2. The number of hydrogen-bond donors (Lipinski definition) is 3. The van der Waals surface area contributed by atoms with Crippen LogP contribution in [0.2, 0.25) is 0 Å². The first-order valence-corrected chi connectivity index (χ1v) is 14.8. The molecule has 0 aliphatic rings. The van der Waals surface area contributed by atoms with Crippen LogP contribution in [0.15, 0.2) is 85.1 Å². The number of allylic oxidation sites excluding steroid dienone is 13. The molecule has 0 saturated heterocycles. The number of aliphatic hydroxyl groups is 2. The first-order valence-electron chi connectivity index (χ1n) is 14.8. The number of aliphatic hydroxyl groups excluding tert-OH is 2. The molecule has 2 unspecified atom stereocenters. The molecule has 0 aromatic carbocycles. The number of amides is 1. The van der Waals surface area contributed by atoms with Gasteiger partial charge in [-0.1, -0.05) is 112 Å². The van der Waals surface area contributed by atoms with E-state index in [0.29, 0.717) is 12.8 Å². The summed E-state index contributed by atoms with van der Waals surface area (Å²) in [4.78, 5) is 12.2. The van der Waals surface area contributed by atoms with Crippen LogP contribution in [0.4, 0.5) is 0 Å². The SMILES string of the molecule is CC/C=C\C/C=C\C/C=C\C/C=C\CCC(=O)NC(CO)C(O)/C=C/CC/C=C/CC/C=C/CCCCC. The molecule has 0 saturated carbocycles. The third kappa shape index (κ3) is 25.2. The predicted octanol–water partition coefficient (Wildman–Crippen LogP) is 8.22. The Bertz CT molecular complexity index is 743. The number of hydrogen-bond acceptors (Lipinski definition) is 3. The van der Waals surface area contributed by atoms with E-state index < -0.39 is 12.1 Å². The zero-order valence-electron chi connectivity index (χ0n) is 24.1. The van der Waals surface area contributed by atoms with Crippen molar-refractivity contribution in [2.75, 3.05) is 6.61 Å². The van der Waals surface area contributed by atoms with E-state index in [1.54, 1.807) is 6.08 Å². The Morgan fingerprint density at radius 1 is 0.658 bits per heavy atom. The summed E-state index contributed by atoms with van der Waals surface area (Å²) in [5.74, 6) is -0.165. The Hall–Kier alpha value is -2.43. The minimum absolute atomic E-state index is 0.165. The van der Waals surface area contributed by atoms with Crippen molar-refractivity contribution in [3.63, 3.8) is 0 Å². The normalized spacial score (nSPS) is 14.5. The van der Waals surface area contributed by atoms with E-state index >= 15 is 0 Å². The largest absolute Gasteiger partial charge is 0.394 e. The van der Waals surface area contributed by atoms with Crippen LogP contribution in [0.5, 0.6) is 0 Å². The van der Waals surface area contributed by atoms with E-state index in [-0.39, 0.29) is 12.5 Å². The summed E-state index contributed by atoms with van der Waals surface area (Å²) in [5, 5.41) is 22.6. The van der Waals surface area contributed by atoms with Gasteiger partial charge in [0.2, 0.25) is 5.91 Å². The maximum atomic E-state index is 12.2. The smallest absolute Gasteiger partial charge is 0.220 e. The number of rotatable bonds is 24. The zero-order valence-corrected chi connectivity index (χ0v) is 24.1. The van der Waals surface area contributed by atoms with Gasteiger partial charge in [-0.05, 0) is 70.6 Å². The second-order valence-electron chi connectivity index (χ2n) is 9.41. The van der Waals surface area contributed by atoms with E-state index in [1.807, 2.05) is 12.2 Å². The second-order valence-corrected chi connectivity index (χ2v) is 9.41. The monoisotopic (exact) mass is 525 g/mol. The lowest BCUT2D eigenvalue weighted by atomic mass is 10.1. The molecule has 0 aromatic heterocycles. The van der Waals surface area contributed by atoms with Gasteiger partial charge in [-0.15, -0.1) is 0 Å². The molecule has 214 valence electrons. The topological polar surface area (TPSA) is 69.6 Å². The summed E-state index contributed by atoms with van der Waals surface area (Å²) in [7, 11) is 0. The summed E-state index contributed by atoms with van der Waals surface area (Å²) in [6, 6.07) is -0.684. The molecule has 1 amide bonds. The van der Waals surface area contributed by atoms with Crippen molar-refractivity contribution < 1.29 is 15.0 Å². The summed E-state index contributed by atoms with van der Waals surface area (Å²) in [5.41, 5.74) is 0. The van der Waals surface area contributed by atoms with E-state index in [0.717, 1.165) is 51.4 Å². The fourth-order valence-electron chi connectivity index (χ4n) is 3.57. The van der Waals surface area contributed by atoms with Gasteiger partial charge >= 0.3 is 0 Å². The van der Waals surface area contributed by atoms with Crippen molar-refractivity contribution in [1.29, 1.82) is 0 Å². The molecule has 0 rings (SSSR count). The average Bonchev–Trinajstić information content (AvgIpc) is 2.92. The molecule has 0 spiro atoms. The molecule has 4 heteroatoms.